The Labute approximate surface area is 197 Å². The summed E-state index contributed by atoms with van der Waals surface area (Å²) < 4.78 is 50.3. The average molecular weight is 549 g/mol. The zero-order valence-electron chi connectivity index (χ0n) is 17.2. The fourth-order valence-electron chi connectivity index (χ4n) is 3.66. The second-order valence-electron chi connectivity index (χ2n) is 7.39. The van der Waals surface area contributed by atoms with E-state index in [-0.39, 0.29) is 36.5 Å². The number of guanidine groups is 1. The van der Waals surface area contributed by atoms with E-state index in [2.05, 4.69) is 10.3 Å². The van der Waals surface area contributed by atoms with Crippen LogP contribution in [0.1, 0.15) is 29.5 Å². The van der Waals surface area contributed by atoms with Gasteiger partial charge in [-0.1, -0.05) is 36.4 Å². The van der Waals surface area contributed by atoms with Crippen LogP contribution in [-0.2, 0) is 27.7 Å². The summed E-state index contributed by atoms with van der Waals surface area (Å²) in [5, 5.41) is 3.08. The third-order valence-corrected chi connectivity index (χ3v) is 5.38. The number of ether oxygens (including phenoxy) is 2. The number of alkyl halides is 3. The number of halogens is 4. The number of hydrogen-bond donors (Lipinski definition) is 2. The van der Waals surface area contributed by atoms with Crippen LogP contribution in [-0.4, -0.2) is 32.8 Å². The fraction of sp³-hybridized carbons (Fsp3) is 0.409. The number of benzene rings is 2. The lowest BCUT2D eigenvalue weighted by atomic mass is 9.74. The van der Waals surface area contributed by atoms with Gasteiger partial charge in [-0.25, -0.2) is 0 Å². The van der Waals surface area contributed by atoms with Gasteiger partial charge in [-0.2, -0.15) is 13.2 Å². The van der Waals surface area contributed by atoms with Crippen molar-refractivity contribution in [1.29, 1.82) is 0 Å². The molecule has 0 bridgehead atoms. The summed E-state index contributed by atoms with van der Waals surface area (Å²) in [7, 11) is 1.61. The number of aliphatic imine (C=N–C) groups is 1. The molecule has 1 fully saturated rings. The molecule has 0 aromatic heterocycles. The predicted octanol–water partition coefficient (Wildman–Crippen LogP) is 4.94. The molecule has 0 radical (unpaired) electrons. The first kappa shape index (κ1) is 25.4. The molecule has 0 unspecified atom stereocenters. The molecule has 9 heteroatoms. The third-order valence-electron chi connectivity index (χ3n) is 5.38. The van der Waals surface area contributed by atoms with E-state index in [1.165, 1.54) is 12.1 Å². The van der Waals surface area contributed by atoms with Gasteiger partial charge in [0.1, 0.15) is 0 Å². The van der Waals surface area contributed by atoms with Gasteiger partial charge in [-0.15, -0.1) is 24.0 Å². The van der Waals surface area contributed by atoms with Crippen LogP contribution in [0.15, 0.2) is 53.5 Å². The Kier molecular flexibility index (Phi) is 9.14. The average Bonchev–Trinajstić information content (AvgIpc) is 2.74. The van der Waals surface area contributed by atoms with Crippen molar-refractivity contribution < 1.29 is 22.6 Å². The van der Waals surface area contributed by atoms with Crippen molar-refractivity contribution >= 4 is 35.6 Å². The molecule has 0 saturated carbocycles. The lowest BCUT2D eigenvalue weighted by molar-refractivity contribution is -0.137. The standard InChI is InChI=1S/C22H26F3N3O2.HI/c1-29-14-16-5-2-3-8-19(16)28-20(26)27-15-21(9-11-30-12-10-21)17-6-4-7-18(13-17)22(23,24)25;/h2-8,13H,9-12,14-15H2,1H3,(H3,26,27,28);1H. The summed E-state index contributed by atoms with van der Waals surface area (Å²) in [5.74, 6) is 0.205. The van der Waals surface area contributed by atoms with Crippen LogP contribution in [0.2, 0.25) is 0 Å². The second kappa shape index (κ2) is 11.1. The summed E-state index contributed by atoms with van der Waals surface area (Å²) >= 11 is 0. The molecule has 1 aliphatic heterocycles. The van der Waals surface area contributed by atoms with Crippen LogP contribution < -0.4 is 11.1 Å². The van der Waals surface area contributed by atoms with Crippen LogP contribution in [0.3, 0.4) is 0 Å². The Morgan fingerprint density at radius 1 is 1.16 bits per heavy atom. The molecule has 170 valence electrons. The summed E-state index contributed by atoms with van der Waals surface area (Å²) in [4.78, 5) is 4.49. The minimum atomic E-state index is -4.39. The molecule has 2 aromatic rings. The minimum absolute atomic E-state index is 0. The molecule has 1 heterocycles. The van der Waals surface area contributed by atoms with E-state index >= 15 is 0 Å². The number of methoxy groups -OCH3 is 1. The van der Waals surface area contributed by atoms with E-state index in [0.717, 1.165) is 17.3 Å². The maximum Gasteiger partial charge on any atom is 0.416 e. The first-order valence-electron chi connectivity index (χ1n) is 9.73. The highest BCUT2D eigenvalue weighted by Crippen LogP contribution is 2.38. The van der Waals surface area contributed by atoms with E-state index in [0.29, 0.717) is 38.2 Å². The summed E-state index contributed by atoms with van der Waals surface area (Å²) in [6, 6.07) is 13.0. The molecule has 0 atom stereocenters. The number of hydrogen-bond acceptors (Lipinski definition) is 3. The number of nitrogens with two attached hydrogens (primary N) is 1. The molecule has 31 heavy (non-hydrogen) atoms. The summed E-state index contributed by atoms with van der Waals surface area (Å²) in [6.07, 6.45) is -3.24. The quantitative estimate of drug-likeness (QED) is 0.304. The van der Waals surface area contributed by atoms with Crippen LogP contribution in [0, 0.1) is 0 Å². The van der Waals surface area contributed by atoms with Crippen LogP contribution in [0.5, 0.6) is 0 Å². The maximum atomic E-state index is 13.2. The van der Waals surface area contributed by atoms with Crippen LogP contribution in [0.25, 0.3) is 0 Å². The lowest BCUT2D eigenvalue weighted by Gasteiger charge is -2.37. The van der Waals surface area contributed by atoms with Crippen LogP contribution in [0.4, 0.5) is 18.9 Å². The number of anilines is 1. The van der Waals surface area contributed by atoms with Gasteiger partial charge in [-0.3, -0.25) is 4.99 Å². The molecular weight excluding hydrogens is 522 g/mol. The summed E-state index contributed by atoms with van der Waals surface area (Å²) in [5.41, 5.74) is 7.21. The number of para-hydroxylation sites is 1. The lowest BCUT2D eigenvalue weighted by Crippen LogP contribution is -2.38. The Morgan fingerprint density at radius 3 is 2.55 bits per heavy atom. The predicted molar refractivity (Wildman–Crippen MR) is 126 cm³/mol. The highest BCUT2D eigenvalue weighted by atomic mass is 127. The second-order valence-corrected chi connectivity index (χ2v) is 7.39. The summed E-state index contributed by atoms with van der Waals surface area (Å²) in [6.45, 7) is 1.62. The molecule has 0 aliphatic carbocycles. The van der Waals surface area contributed by atoms with Gasteiger partial charge in [0.2, 0.25) is 0 Å². The van der Waals surface area contributed by atoms with E-state index in [4.69, 9.17) is 15.2 Å². The van der Waals surface area contributed by atoms with E-state index in [1.54, 1.807) is 13.2 Å². The molecule has 0 spiro atoms. The smallest absolute Gasteiger partial charge is 0.381 e. The number of nitrogens with zero attached hydrogens (tertiary/aromatic N) is 1. The first-order chi connectivity index (χ1) is 14.3. The molecule has 1 aliphatic rings. The first-order valence-corrected chi connectivity index (χ1v) is 9.73. The van der Waals surface area contributed by atoms with Gasteiger partial charge in [0.15, 0.2) is 5.96 Å². The van der Waals surface area contributed by atoms with E-state index in [1.807, 2.05) is 24.3 Å². The van der Waals surface area contributed by atoms with Crippen molar-refractivity contribution in [3.05, 3.63) is 65.2 Å². The molecule has 2 aromatic carbocycles. The van der Waals surface area contributed by atoms with Crippen molar-refractivity contribution in [1.82, 2.24) is 0 Å². The van der Waals surface area contributed by atoms with E-state index in [9.17, 15) is 13.2 Å². The molecule has 1 saturated heterocycles. The van der Waals surface area contributed by atoms with E-state index < -0.39 is 17.2 Å². The topological polar surface area (TPSA) is 68.9 Å². The third kappa shape index (κ3) is 6.56. The SMILES string of the molecule is COCc1ccccc1NC(N)=NCC1(c2cccc(C(F)(F)F)c2)CCOCC1.I. The zero-order chi connectivity index (χ0) is 21.6. The highest BCUT2D eigenvalue weighted by Gasteiger charge is 2.37. The molecule has 5 nitrogen and oxygen atoms in total. The van der Waals surface area contributed by atoms with Crippen molar-refractivity contribution in [3.8, 4) is 0 Å². The minimum Gasteiger partial charge on any atom is -0.381 e. The molecule has 3 rings (SSSR count). The van der Waals surface area contributed by atoms with Gasteiger partial charge in [0.05, 0.1) is 18.7 Å². The van der Waals surface area contributed by atoms with Crippen molar-refractivity contribution in [2.45, 2.75) is 31.0 Å². The van der Waals surface area contributed by atoms with Gasteiger partial charge >= 0.3 is 6.18 Å². The normalized spacial score (nSPS) is 16.5. The molecule has 0 amide bonds. The number of nitrogens with one attached hydrogen (secondary N) is 1. The van der Waals surface area contributed by atoms with Crippen molar-refractivity contribution in [2.75, 3.05) is 32.2 Å². The van der Waals surface area contributed by atoms with Crippen LogP contribution >= 0.6 is 24.0 Å². The Hall–Kier alpha value is -1.85. The largest absolute Gasteiger partial charge is 0.416 e. The van der Waals surface area contributed by atoms with Gasteiger partial charge in [0, 0.05) is 37.0 Å². The van der Waals surface area contributed by atoms with Gasteiger partial charge in [0.25, 0.3) is 0 Å². The zero-order valence-corrected chi connectivity index (χ0v) is 19.6. The maximum absolute atomic E-state index is 13.2. The highest BCUT2D eigenvalue weighted by molar-refractivity contribution is 14.0. The Bertz CT molecular complexity index is 884. The Morgan fingerprint density at radius 2 is 1.87 bits per heavy atom. The van der Waals surface area contributed by atoms with Crippen molar-refractivity contribution in [2.24, 2.45) is 10.7 Å². The fourth-order valence-corrected chi connectivity index (χ4v) is 3.66. The van der Waals surface area contributed by atoms with Crippen molar-refractivity contribution in [3.63, 3.8) is 0 Å². The Balaban J connectivity index is 0.00000341. The van der Waals surface area contributed by atoms with Gasteiger partial charge < -0.3 is 20.5 Å². The molecule has 3 N–H and O–H groups in total. The molecular formula is C22H27F3IN3O2. The monoisotopic (exact) mass is 549 g/mol. The number of rotatable bonds is 6. The van der Waals surface area contributed by atoms with Gasteiger partial charge in [-0.05, 0) is 30.5 Å².